The summed E-state index contributed by atoms with van der Waals surface area (Å²) in [6, 6.07) is 5.17. The summed E-state index contributed by atoms with van der Waals surface area (Å²) in [5.74, 6) is -0.198. The van der Waals surface area contributed by atoms with E-state index in [1.165, 1.54) is 13.0 Å². The van der Waals surface area contributed by atoms with Crippen LogP contribution in [-0.2, 0) is 9.53 Å². The van der Waals surface area contributed by atoms with Crippen molar-refractivity contribution in [3.8, 4) is 0 Å². The van der Waals surface area contributed by atoms with Gasteiger partial charge in [-0.05, 0) is 18.6 Å². The molecule has 0 spiro atoms. The Morgan fingerprint density at radius 1 is 1.30 bits per heavy atom. The maximum absolute atomic E-state index is 12.3. The molecule has 23 heavy (non-hydrogen) atoms. The number of anilines is 1. The third-order valence-electron chi connectivity index (χ3n) is 3.72. The third kappa shape index (κ3) is 4.20. The molecule has 0 aromatic heterocycles. The molecule has 0 fully saturated rings. The van der Waals surface area contributed by atoms with E-state index >= 15 is 0 Å². The first kappa shape index (κ1) is 17.2. The summed E-state index contributed by atoms with van der Waals surface area (Å²) >= 11 is 0. The van der Waals surface area contributed by atoms with Crippen LogP contribution in [0.1, 0.15) is 55.5 Å². The Hall–Kier alpha value is -2.14. The number of aliphatic hydroxyl groups is 1. The van der Waals surface area contributed by atoms with Gasteiger partial charge in [-0.3, -0.25) is 9.59 Å². The average Bonchev–Trinajstić information content (AvgIpc) is 2.51. The molecule has 1 aliphatic rings. The molecule has 2 rings (SSSR count). The van der Waals surface area contributed by atoms with Crippen molar-refractivity contribution in [3.05, 3.63) is 35.4 Å². The number of hydrogen-bond donors (Lipinski definition) is 2. The van der Waals surface area contributed by atoms with E-state index in [4.69, 9.17) is 4.74 Å². The van der Waals surface area contributed by atoms with Crippen molar-refractivity contribution in [3.63, 3.8) is 0 Å². The molecule has 1 aromatic rings. The van der Waals surface area contributed by atoms with Crippen molar-refractivity contribution >= 4 is 23.1 Å². The van der Waals surface area contributed by atoms with E-state index in [1.807, 2.05) is 0 Å². The van der Waals surface area contributed by atoms with Crippen LogP contribution in [0.4, 0.5) is 5.69 Å². The van der Waals surface area contributed by atoms with Crippen LogP contribution in [0.25, 0.3) is 5.76 Å². The van der Waals surface area contributed by atoms with Crippen LogP contribution < -0.4 is 5.32 Å². The van der Waals surface area contributed by atoms with Crippen LogP contribution in [0.3, 0.4) is 0 Å². The molecule has 1 atom stereocenters. The molecule has 1 aromatic carbocycles. The quantitative estimate of drug-likeness (QED) is 0.758. The fourth-order valence-electron chi connectivity index (χ4n) is 2.61. The number of ether oxygens (including phenoxy) is 1. The van der Waals surface area contributed by atoms with Gasteiger partial charge in [0.1, 0.15) is 11.9 Å². The van der Waals surface area contributed by atoms with Crippen LogP contribution in [0.2, 0.25) is 0 Å². The molecule has 5 nitrogen and oxygen atoms in total. The summed E-state index contributed by atoms with van der Waals surface area (Å²) < 4.78 is 5.77. The van der Waals surface area contributed by atoms with Crippen LogP contribution in [0, 0.1) is 0 Å². The number of carbonyl (C=O) groups excluding carboxylic acids is 2. The van der Waals surface area contributed by atoms with Crippen molar-refractivity contribution in [1.82, 2.24) is 0 Å². The molecule has 0 radical (unpaired) electrons. The molecule has 0 bridgehead atoms. The van der Waals surface area contributed by atoms with E-state index in [-0.39, 0.29) is 5.91 Å². The molecule has 2 N–H and O–H groups in total. The summed E-state index contributed by atoms with van der Waals surface area (Å²) in [5, 5.41) is 12.6. The Labute approximate surface area is 136 Å². The van der Waals surface area contributed by atoms with E-state index in [9.17, 15) is 14.7 Å². The van der Waals surface area contributed by atoms with Crippen molar-refractivity contribution in [2.24, 2.45) is 0 Å². The average molecular weight is 317 g/mol. The predicted octanol–water partition coefficient (Wildman–Crippen LogP) is 3.14. The number of Topliss-reactive ketones (excluding diaryl/α,β-unsaturated/α-hetero) is 1. The molecular formula is C18H23NO4. The molecule has 124 valence electrons. The predicted molar refractivity (Wildman–Crippen MR) is 89.2 cm³/mol. The summed E-state index contributed by atoms with van der Waals surface area (Å²) in [7, 11) is 0. The second-order valence-electron chi connectivity index (χ2n) is 5.66. The topological polar surface area (TPSA) is 75.6 Å². The zero-order valence-corrected chi connectivity index (χ0v) is 13.6. The number of carbonyl (C=O) groups is 2. The first-order valence-electron chi connectivity index (χ1n) is 8.02. The Bertz CT molecular complexity index is 621. The lowest BCUT2D eigenvalue weighted by atomic mass is 9.91. The SMILES string of the molecule is CCCCCCOC1=CC(O)C(=O)c2c(NC(C)=O)cccc21. The van der Waals surface area contributed by atoms with Gasteiger partial charge in [-0.25, -0.2) is 0 Å². The lowest BCUT2D eigenvalue weighted by molar-refractivity contribution is -0.114. The highest BCUT2D eigenvalue weighted by Gasteiger charge is 2.29. The maximum atomic E-state index is 12.3. The fraction of sp³-hybridized carbons (Fsp3) is 0.444. The second-order valence-corrected chi connectivity index (χ2v) is 5.66. The smallest absolute Gasteiger partial charge is 0.221 e. The van der Waals surface area contributed by atoms with Gasteiger partial charge < -0.3 is 15.2 Å². The summed E-state index contributed by atoms with van der Waals surface area (Å²) in [4.78, 5) is 23.6. The maximum Gasteiger partial charge on any atom is 0.221 e. The number of rotatable bonds is 7. The molecule has 0 saturated carbocycles. The largest absolute Gasteiger partial charge is 0.493 e. The van der Waals surface area contributed by atoms with Crippen LogP contribution in [-0.4, -0.2) is 29.5 Å². The number of amides is 1. The molecule has 5 heteroatoms. The van der Waals surface area contributed by atoms with Gasteiger partial charge in [-0.15, -0.1) is 0 Å². The van der Waals surface area contributed by atoms with E-state index in [1.54, 1.807) is 18.2 Å². The number of benzene rings is 1. The molecule has 0 heterocycles. The van der Waals surface area contributed by atoms with E-state index in [0.29, 0.717) is 29.2 Å². The first-order valence-corrected chi connectivity index (χ1v) is 8.02. The molecule has 1 unspecified atom stereocenters. The molecule has 1 aliphatic carbocycles. The van der Waals surface area contributed by atoms with Crippen molar-refractivity contribution in [2.45, 2.75) is 45.6 Å². The monoisotopic (exact) mass is 317 g/mol. The minimum atomic E-state index is -1.25. The Morgan fingerprint density at radius 3 is 2.78 bits per heavy atom. The highest BCUT2D eigenvalue weighted by atomic mass is 16.5. The highest BCUT2D eigenvalue weighted by molar-refractivity contribution is 6.12. The Kier molecular flexibility index (Phi) is 5.93. The molecule has 1 amide bonds. The summed E-state index contributed by atoms with van der Waals surface area (Å²) in [6.45, 7) is 4.06. The minimum Gasteiger partial charge on any atom is -0.493 e. The lowest BCUT2D eigenvalue weighted by Gasteiger charge is -2.23. The van der Waals surface area contributed by atoms with Gasteiger partial charge in [0.25, 0.3) is 0 Å². The zero-order valence-electron chi connectivity index (χ0n) is 13.6. The first-order chi connectivity index (χ1) is 11.0. The second kappa shape index (κ2) is 7.92. The van der Waals surface area contributed by atoms with E-state index in [0.717, 1.165) is 25.7 Å². The molecule has 0 saturated heterocycles. The number of aliphatic hydroxyl groups excluding tert-OH is 1. The highest BCUT2D eigenvalue weighted by Crippen LogP contribution is 2.32. The van der Waals surface area contributed by atoms with Crippen molar-refractivity contribution < 1.29 is 19.4 Å². The van der Waals surface area contributed by atoms with Gasteiger partial charge >= 0.3 is 0 Å². The van der Waals surface area contributed by atoms with Gasteiger partial charge in [0.05, 0.1) is 17.9 Å². The van der Waals surface area contributed by atoms with Gasteiger partial charge in [-0.1, -0.05) is 38.3 Å². The molecule has 0 aliphatic heterocycles. The van der Waals surface area contributed by atoms with E-state index in [2.05, 4.69) is 12.2 Å². The zero-order chi connectivity index (χ0) is 16.8. The fourth-order valence-corrected chi connectivity index (χ4v) is 2.61. The van der Waals surface area contributed by atoms with Gasteiger partial charge in [0.15, 0.2) is 5.78 Å². The standard InChI is InChI=1S/C18H23NO4/c1-3-4-5-6-10-23-16-11-15(21)18(22)17-13(16)8-7-9-14(17)19-12(2)20/h7-9,11,15,21H,3-6,10H2,1-2H3,(H,19,20). The van der Waals surface area contributed by atoms with Crippen molar-refractivity contribution in [1.29, 1.82) is 0 Å². The lowest BCUT2D eigenvalue weighted by Crippen LogP contribution is -2.26. The van der Waals surface area contributed by atoms with Crippen LogP contribution >= 0.6 is 0 Å². The van der Waals surface area contributed by atoms with Crippen LogP contribution in [0.15, 0.2) is 24.3 Å². The Morgan fingerprint density at radius 2 is 2.09 bits per heavy atom. The van der Waals surface area contributed by atoms with Gasteiger partial charge in [-0.2, -0.15) is 0 Å². The Balaban J connectivity index is 2.21. The summed E-state index contributed by atoms with van der Waals surface area (Å²) in [5.41, 5.74) is 1.32. The number of nitrogens with one attached hydrogen (secondary N) is 1. The molecular weight excluding hydrogens is 294 g/mol. The number of ketones is 1. The van der Waals surface area contributed by atoms with Crippen LogP contribution in [0.5, 0.6) is 0 Å². The number of fused-ring (bicyclic) bond motifs is 1. The minimum absolute atomic E-state index is 0.266. The van der Waals surface area contributed by atoms with Crippen molar-refractivity contribution in [2.75, 3.05) is 11.9 Å². The summed E-state index contributed by atoms with van der Waals surface area (Å²) in [6.07, 6.45) is 4.51. The van der Waals surface area contributed by atoms with E-state index < -0.39 is 11.9 Å². The number of hydrogen-bond acceptors (Lipinski definition) is 4. The normalized spacial score (nSPS) is 16.6. The third-order valence-corrected chi connectivity index (χ3v) is 3.72. The van der Waals surface area contributed by atoms with Gasteiger partial charge in [0.2, 0.25) is 5.91 Å². The number of unbranched alkanes of at least 4 members (excludes halogenated alkanes) is 3. The van der Waals surface area contributed by atoms with Gasteiger partial charge in [0, 0.05) is 12.5 Å².